The van der Waals surface area contributed by atoms with Crippen LogP contribution in [0, 0.1) is 0 Å². The Hall–Kier alpha value is -2.15. The largest absolute Gasteiger partial charge is 0.477 e. The van der Waals surface area contributed by atoms with Gasteiger partial charge < -0.3 is 5.11 Å². The SMILES string of the molecule is O=C(O)C=NNS(=O)(=O)C=Cc1ccccc1. The number of hydrogen-bond donors (Lipinski definition) is 2. The second-order valence-electron chi connectivity index (χ2n) is 2.95. The van der Waals surface area contributed by atoms with Crippen molar-refractivity contribution in [3.05, 3.63) is 41.3 Å². The molecule has 0 heterocycles. The van der Waals surface area contributed by atoms with Gasteiger partial charge in [-0.05, 0) is 11.6 Å². The number of sulfonamides is 1. The lowest BCUT2D eigenvalue weighted by molar-refractivity contribution is -0.128. The highest BCUT2D eigenvalue weighted by atomic mass is 32.2. The molecule has 0 saturated heterocycles. The van der Waals surface area contributed by atoms with Crippen LogP contribution in [0.1, 0.15) is 5.56 Å². The highest BCUT2D eigenvalue weighted by Crippen LogP contribution is 2.02. The maximum atomic E-state index is 11.3. The van der Waals surface area contributed by atoms with Gasteiger partial charge in [0.2, 0.25) is 0 Å². The number of carbonyl (C=O) groups is 1. The summed E-state index contributed by atoms with van der Waals surface area (Å²) in [6.07, 6.45) is 1.83. The lowest BCUT2D eigenvalue weighted by Crippen LogP contribution is -2.16. The zero-order chi connectivity index (χ0) is 12.7. The third kappa shape index (κ3) is 5.47. The van der Waals surface area contributed by atoms with Crippen LogP contribution in [0.3, 0.4) is 0 Å². The first-order valence-electron chi connectivity index (χ1n) is 4.50. The number of hydrogen-bond acceptors (Lipinski definition) is 4. The average Bonchev–Trinajstić information content (AvgIpc) is 2.27. The van der Waals surface area contributed by atoms with Crippen molar-refractivity contribution in [1.82, 2.24) is 4.83 Å². The summed E-state index contributed by atoms with van der Waals surface area (Å²) in [5, 5.41) is 12.2. The van der Waals surface area contributed by atoms with Crippen molar-refractivity contribution in [3.8, 4) is 0 Å². The van der Waals surface area contributed by atoms with E-state index in [1.54, 1.807) is 35.2 Å². The first-order chi connectivity index (χ1) is 7.99. The molecule has 0 saturated carbocycles. The van der Waals surface area contributed by atoms with Crippen LogP contribution in [0.15, 0.2) is 40.8 Å². The number of carboxylic acid groups (broad SMARTS) is 1. The van der Waals surface area contributed by atoms with E-state index in [1.165, 1.54) is 6.08 Å². The topological polar surface area (TPSA) is 95.8 Å². The molecule has 17 heavy (non-hydrogen) atoms. The standard InChI is InChI=1S/C10H10N2O4S/c13-10(14)8-11-12-17(15,16)7-6-9-4-2-1-3-5-9/h1-8,12H,(H,13,14). The van der Waals surface area contributed by atoms with Gasteiger partial charge in [-0.15, -0.1) is 0 Å². The van der Waals surface area contributed by atoms with Crippen LogP contribution >= 0.6 is 0 Å². The van der Waals surface area contributed by atoms with Crippen molar-refractivity contribution in [2.75, 3.05) is 0 Å². The maximum absolute atomic E-state index is 11.3. The van der Waals surface area contributed by atoms with E-state index in [0.29, 0.717) is 11.8 Å². The highest BCUT2D eigenvalue weighted by Gasteiger charge is 2.01. The molecule has 0 bridgehead atoms. The number of hydrazone groups is 1. The second kappa shape index (κ2) is 5.80. The van der Waals surface area contributed by atoms with Gasteiger partial charge in [0, 0.05) is 0 Å². The number of benzene rings is 1. The lowest BCUT2D eigenvalue weighted by atomic mass is 10.2. The predicted octanol–water partition coefficient (Wildman–Crippen LogP) is 0.647. The Morgan fingerprint density at radius 1 is 1.29 bits per heavy atom. The monoisotopic (exact) mass is 254 g/mol. The molecule has 0 aliphatic heterocycles. The fourth-order valence-corrected chi connectivity index (χ4v) is 1.51. The Bertz CT molecular complexity index is 535. The summed E-state index contributed by atoms with van der Waals surface area (Å²) in [5.74, 6) is -1.33. The van der Waals surface area contributed by atoms with Crippen LogP contribution in [0.4, 0.5) is 0 Å². The number of carboxylic acids is 1. The molecular formula is C10H10N2O4S. The molecular weight excluding hydrogens is 244 g/mol. The van der Waals surface area contributed by atoms with Gasteiger partial charge in [-0.3, -0.25) is 0 Å². The van der Waals surface area contributed by atoms with Crippen LogP contribution in [0.25, 0.3) is 6.08 Å². The van der Waals surface area contributed by atoms with Gasteiger partial charge in [-0.2, -0.15) is 5.10 Å². The molecule has 1 rings (SSSR count). The number of rotatable bonds is 5. The Morgan fingerprint density at radius 3 is 2.53 bits per heavy atom. The van der Waals surface area contributed by atoms with Gasteiger partial charge in [0.1, 0.15) is 6.21 Å². The van der Waals surface area contributed by atoms with Gasteiger partial charge in [0.05, 0.1) is 5.41 Å². The van der Waals surface area contributed by atoms with Crippen LogP contribution in [0.2, 0.25) is 0 Å². The summed E-state index contributed by atoms with van der Waals surface area (Å²) in [6, 6.07) is 8.80. The summed E-state index contributed by atoms with van der Waals surface area (Å²) in [6.45, 7) is 0. The van der Waals surface area contributed by atoms with Crippen molar-refractivity contribution in [2.24, 2.45) is 5.10 Å². The molecule has 7 heteroatoms. The summed E-state index contributed by atoms with van der Waals surface area (Å²) in [4.78, 5) is 11.8. The summed E-state index contributed by atoms with van der Waals surface area (Å²) >= 11 is 0. The fourth-order valence-electron chi connectivity index (χ4n) is 0.918. The molecule has 0 spiro atoms. The number of nitrogens with one attached hydrogen (secondary N) is 1. The number of aliphatic carboxylic acids is 1. The molecule has 2 N–H and O–H groups in total. The zero-order valence-electron chi connectivity index (χ0n) is 8.65. The van der Waals surface area contributed by atoms with E-state index >= 15 is 0 Å². The summed E-state index contributed by atoms with van der Waals surface area (Å²) < 4.78 is 22.6. The van der Waals surface area contributed by atoms with E-state index < -0.39 is 16.0 Å². The lowest BCUT2D eigenvalue weighted by Gasteiger charge is -1.96. The highest BCUT2D eigenvalue weighted by molar-refractivity contribution is 7.92. The van der Waals surface area contributed by atoms with E-state index in [2.05, 4.69) is 5.10 Å². The Morgan fingerprint density at radius 2 is 1.94 bits per heavy atom. The quantitative estimate of drug-likeness (QED) is 0.595. The molecule has 90 valence electrons. The van der Waals surface area contributed by atoms with E-state index in [4.69, 9.17) is 5.11 Å². The zero-order valence-corrected chi connectivity index (χ0v) is 9.46. The fraction of sp³-hybridized carbons (Fsp3) is 0. The third-order valence-electron chi connectivity index (χ3n) is 1.59. The van der Waals surface area contributed by atoms with E-state index in [1.807, 2.05) is 0 Å². The van der Waals surface area contributed by atoms with Crippen molar-refractivity contribution in [1.29, 1.82) is 0 Å². The van der Waals surface area contributed by atoms with E-state index in [-0.39, 0.29) is 0 Å². The minimum absolute atomic E-state index is 0.452. The molecule has 1 aromatic carbocycles. The van der Waals surface area contributed by atoms with Crippen LogP contribution in [-0.2, 0) is 14.8 Å². The van der Waals surface area contributed by atoms with Crippen LogP contribution in [0.5, 0.6) is 0 Å². The molecule has 0 radical (unpaired) electrons. The van der Waals surface area contributed by atoms with Gasteiger partial charge in [-0.25, -0.2) is 18.0 Å². The average molecular weight is 254 g/mol. The van der Waals surface area contributed by atoms with Gasteiger partial charge in [0.15, 0.2) is 0 Å². The molecule has 0 amide bonds. The molecule has 0 atom stereocenters. The normalized spacial score (nSPS) is 12.0. The molecule has 0 fully saturated rings. The molecule has 6 nitrogen and oxygen atoms in total. The van der Waals surface area contributed by atoms with Crippen LogP contribution < -0.4 is 4.83 Å². The van der Waals surface area contributed by atoms with E-state index in [0.717, 1.165) is 5.41 Å². The molecule has 0 aliphatic carbocycles. The maximum Gasteiger partial charge on any atom is 0.348 e. The minimum Gasteiger partial charge on any atom is -0.477 e. The molecule has 1 aromatic rings. The number of nitrogens with zero attached hydrogens (tertiary/aromatic N) is 1. The van der Waals surface area contributed by atoms with Gasteiger partial charge in [0.25, 0.3) is 10.0 Å². The van der Waals surface area contributed by atoms with E-state index in [9.17, 15) is 13.2 Å². The second-order valence-corrected chi connectivity index (χ2v) is 4.49. The third-order valence-corrected chi connectivity index (χ3v) is 2.45. The van der Waals surface area contributed by atoms with Gasteiger partial charge >= 0.3 is 5.97 Å². The minimum atomic E-state index is -3.77. The first kappa shape index (κ1) is 12.9. The predicted molar refractivity (Wildman–Crippen MR) is 63.7 cm³/mol. The first-order valence-corrected chi connectivity index (χ1v) is 6.05. The van der Waals surface area contributed by atoms with Crippen molar-refractivity contribution < 1.29 is 18.3 Å². The Balaban J connectivity index is 2.67. The molecule has 0 aromatic heterocycles. The smallest absolute Gasteiger partial charge is 0.348 e. The van der Waals surface area contributed by atoms with Crippen LogP contribution in [-0.4, -0.2) is 25.7 Å². The Kier molecular flexibility index (Phi) is 4.41. The van der Waals surface area contributed by atoms with Crippen molar-refractivity contribution in [2.45, 2.75) is 0 Å². The van der Waals surface area contributed by atoms with Gasteiger partial charge in [-0.1, -0.05) is 30.3 Å². The Labute approximate surface area is 98.3 Å². The molecule has 0 aliphatic rings. The summed E-state index contributed by atoms with van der Waals surface area (Å²) in [7, 11) is -3.77. The van der Waals surface area contributed by atoms with Crippen molar-refractivity contribution in [3.63, 3.8) is 0 Å². The molecule has 0 unspecified atom stereocenters. The van der Waals surface area contributed by atoms with Crippen molar-refractivity contribution >= 4 is 28.3 Å². The summed E-state index contributed by atoms with van der Waals surface area (Å²) in [5.41, 5.74) is 0.708.